The van der Waals surface area contributed by atoms with E-state index in [-0.39, 0.29) is 0 Å². The third-order valence-corrected chi connectivity index (χ3v) is 5.13. The molecule has 0 radical (unpaired) electrons. The molecule has 3 rings (SSSR count). The van der Waals surface area contributed by atoms with E-state index in [1.807, 2.05) is 0 Å². The predicted molar refractivity (Wildman–Crippen MR) is 42.0 cm³/mol. The van der Waals surface area contributed by atoms with Crippen LogP contribution in [0, 0.1) is 16.7 Å². The number of hydrogen-bond donors (Lipinski definition) is 1. The fourth-order valence-corrected chi connectivity index (χ4v) is 4.12. The van der Waals surface area contributed by atoms with Crippen LogP contribution in [0.3, 0.4) is 0 Å². The fraction of sp³-hybridized carbons (Fsp3) is 1.00. The van der Waals surface area contributed by atoms with Crippen LogP contribution in [-0.4, -0.2) is 16.5 Å². The zero-order chi connectivity index (χ0) is 6.98. The van der Waals surface area contributed by atoms with Gasteiger partial charge >= 0.3 is 0 Å². The van der Waals surface area contributed by atoms with Crippen molar-refractivity contribution >= 4 is 15.9 Å². The standard InChI is InChI=1S/C8H11BrO/c9-6-2-8(6)4-7(8)1-5(7)3-10/h5-6,10H,1-4H2/t5-,6+,7-,8-/m1/s1. The first-order valence-electron chi connectivity index (χ1n) is 4.00. The summed E-state index contributed by atoms with van der Waals surface area (Å²) in [7, 11) is 0. The molecule has 1 nitrogen and oxygen atoms in total. The first kappa shape index (κ1) is 6.01. The average molecular weight is 203 g/mol. The molecule has 3 aliphatic carbocycles. The molecule has 56 valence electrons. The Balaban J connectivity index is 1.80. The second-order valence-electron chi connectivity index (χ2n) is 4.24. The highest BCUT2D eigenvalue weighted by Crippen LogP contribution is 2.92. The van der Waals surface area contributed by atoms with Gasteiger partial charge < -0.3 is 5.11 Å². The Kier molecular flexibility index (Phi) is 0.803. The molecule has 0 aromatic heterocycles. The van der Waals surface area contributed by atoms with Gasteiger partial charge in [-0.25, -0.2) is 0 Å². The maximum atomic E-state index is 8.91. The van der Waals surface area contributed by atoms with Crippen molar-refractivity contribution in [2.24, 2.45) is 16.7 Å². The van der Waals surface area contributed by atoms with Gasteiger partial charge in [-0.3, -0.25) is 0 Å². The Morgan fingerprint density at radius 1 is 1.40 bits per heavy atom. The summed E-state index contributed by atoms with van der Waals surface area (Å²) in [6, 6.07) is 0. The van der Waals surface area contributed by atoms with Crippen LogP contribution >= 0.6 is 15.9 Å². The van der Waals surface area contributed by atoms with E-state index in [4.69, 9.17) is 5.11 Å². The minimum Gasteiger partial charge on any atom is -0.396 e. The van der Waals surface area contributed by atoms with Crippen LogP contribution in [0.2, 0.25) is 0 Å². The number of alkyl halides is 1. The molecule has 0 amide bonds. The van der Waals surface area contributed by atoms with Gasteiger partial charge in [0.1, 0.15) is 0 Å². The number of aliphatic hydroxyl groups is 1. The molecule has 0 aromatic rings. The topological polar surface area (TPSA) is 20.2 Å². The Morgan fingerprint density at radius 2 is 2.10 bits per heavy atom. The van der Waals surface area contributed by atoms with Crippen molar-refractivity contribution in [1.29, 1.82) is 0 Å². The highest BCUT2D eigenvalue weighted by molar-refractivity contribution is 9.09. The van der Waals surface area contributed by atoms with Crippen molar-refractivity contribution in [3.05, 3.63) is 0 Å². The maximum Gasteiger partial charge on any atom is 0.0465 e. The molecule has 2 heteroatoms. The molecule has 3 saturated carbocycles. The van der Waals surface area contributed by atoms with Crippen LogP contribution in [-0.2, 0) is 0 Å². The third-order valence-electron chi connectivity index (χ3n) is 3.93. The Hall–Kier alpha value is 0.440. The predicted octanol–water partition coefficient (Wildman–Crippen LogP) is 1.54. The van der Waals surface area contributed by atoms with Gasteiger partial charge in [-0.1, -0.05) is 15.9 Å². The Labute approximate surface area is 68.9 Å². The van der Waals surface area contributed by atoms with E-state index in [1.165, 1.54) is 19.3 Å². The van der Waals surface area contributed by atoms with E-state index >= 15 is 0 Å². The summed E-state index contributed by atoms with van der Waals surface area (Å²) in [6.07, 6.45) is 4.09. The molecule has 0 aromatic carbocycles. The molecule has 0 bridgehead atoms. The van der Waals surface area contributed by atoms with Crippen molar-refractivity contribution in [2.45, 2.75) is 24.1 Å². The lowest BCUT2D eigenvalue weighted by molar-refractivity contribution is 0.264. The van der Waals surface area contributed by atoms with E-state index in [1.54, 1.807) is 0 Å². The number of rotatable bonds is 1. The lowest BCUT2D eigenvalue weighted by Gasteiger charge is -1.88. The highest BCUT2D eigenvalue weighted by atomic mass is 79.9. The summed E-state index contributed by atoms with van der Waals surface area (Å²) < 4.78 is 0. The summed E-state index contributed by atoms with van der Waals surface area (Å²) in [4.78, 5) is 0.802. The van der Waals surface area contributed by atoms with Gasteiger partial charge in [0, 0.05) is 11.4 Å². The molecule has 10 heavy (non-hydrogen) atoms. The van der Waals surface area contributed by atoms with Gasteiger partial charge in [-0.15, -0.1) is 0 Å². The SMILES string of the molecule is OC[C@H]1C[C@@]12C[C@@]21C[C@@H]1Br. The number of fused-ring (bicyclic) bond motifs is 1. The second-order valence-corrected chi connectivity index (χ2v) is 5.35. The monoisotopic (exact) mass is 202 g/mol. The summed E-state index contributed by atoms with van der Waals surface area (Å²) in [5, 5.41) is 8.91. The van der Waals surface area contributed by atoms with E-state index in [9.17, 15) is 0 Å². The van der Waals surface area contributed by atoms with Crippen molar-refractivity contribution in [3.63, 3.8) is 0 Å². The van der Waals surface area contributed by atoms with Crippen molar-refractivity contribution < 1.29 is 5.11 Å². The summed E-state index contributed by atoms with van der Waals surface area (Å²) in [6.45, 7) is 0.432. The molecule has 3 aliphatic rings. The summed E-state index contributed by atoms with van der Waals surface area (Å²) in [5.41, 5.74) is 1.34. The van der Waals surface area contributed by atoms with Crippen molar-refractivity contribution in [3.8, 4) is 0 Å². The average Bonchev–Trinajstić information content (AvgIpc) is 2.77. The quantitative estimate of drug-likeness (QED) is 0.641. The summed E-state index contributed by atoms with van der Waals surface area (Å²) >= 11 is 3.66. The lowest BCUT2D eigenvalue weighted by atomic mass is 10.2. The molecule has 0 unspecified atom stereocenters. The zero-order valence-corrected chi connectivity index (χ0v) is 7.39. The van der Waals surface area contributed by atoms with Crippen molar-refractivity contribution in [1.82, 2.24) is 0 Å². The normalized spacial score (nSPS) is 69.0. The Morgan fingerprint density at radius 3 is 2.40 bits per heavy atom. The summed E-state index contributed by atoms with van der Waals surface area (Å²) in [5.74, 6) is 0.676. The van der Waals surface area contributed by atoms with Crippen LogP contribution < -0.4 is 0 Å². The molecule has 3 fully saturated rings. The molecule has 0 saturated heterocycles. The molecule has 4 atom stereocenters. The second kappa shape index (κ2) is 1.34. The van der Waals surface area contributed by atoms with Gasteiger partial charge in [-0.2, -0.15) is 0 Å². The van der Waals surface area contributed by atoms with Gasteiger partial charge in [-0.05, 0) is 36.0 Å². The fourth-order valence-electron chi connectivity index (χ4n) is 2.92. The van der Waals surface area contributed by atoms with E-state index in [2.05, 4.69) is 15.9 Å². The van der Waals surface area contributed by atoms with Crippen LogP contribution in [0.15, 0.2) is 0 Å². The van der Waals surface area contributed by atoms with Gasteiger partial charge in [0.15, 0.2) is 0 Å². The molecule has 0 heterocycles. The van der Waals surface area contributed by atoms with Crippen molar-refractivity contribution in [2.75, 3.05) is 6.61 Å². The number of halogens is 1. The lowest BCUT2D eigenvalue weighted by Crippen LogP contribution is -1.91. The van der Waals surface area contributed by atoms with Gasteiger partial charge in [0.05, 0.1) is 0 Å². The maximum absolute atomic E-state index is 8.91. The zero-order valence-electron chi connectivity index (χ0n) is 5.81. The molecule has 2 spiro atoms. The minimum atomic E-state index is 0.432. The van der Waals surface area contributed by atoms with Crippen LogP contribution in [0.5, 0.6) is 0 Å². The first-order chi connectivity index (χ1) is 4.75. The van der Waals surface area contributed by atoms with Crippen LogP contribution in [0.25, 0.3) is 0 Å². The van der Waals surface area contributed by atoms with E-state index in [0.29, 0.717) is 23.4 Å². The van der Waals surface area contributed by atoms with E-state index in [0.717, 1.165) is 4.83 Å². The first-order valence-corrected chi connectivity index (χ1v) is 4.92. The van der Waals surface area contributed by atoms with Gasteiger partial charge in [0.2, 0.25) is 0 Å². The van der Waals surface area contributed by atoms with E-state index < -0.39 is 0 Å². The Bertz CT molecular complexity index is 205. The molecular formula is C8H11BrO. The molecular weight excluding hydrogens is 192 g/mol. The van der Waals surface area contributed by atoms with Gasteiger partial charge in [0.25, 0.3) is 0 Å². The largest absolute Gasteiger partial charge is 0.396 e. The molecule has 1 N–H and O–H groups in total. The minimum absolute atomic E-state index is 0.432. The van der Waals surface area contributed by atoms with Crippen LogP contribution in [0.1, 0.15) is 19.3 Å². The van der Waals surface area contributed by atoms with Crippen LogP contribution in [0.4, 0.5) is 0 Å². The smallest absolute Gasteiger partial charge is 0.0465 e. The molecule has 0 aliphatic heterocycles. The third kappa shape index (κ3) is 0.418. The number of hydrogen-bond acceptors (Lipinski definition) is 1. The number of aliphatic hydroxyl groups excluding tert-OH is 1. The highest BCUT2D eigenvalue weighted by Gasteiger charge is 2.87.